The summed E-state index contributed by atoms with van der Waals surface area (Å²) in [5.41, 5.74) is 0.609. The smallest absolute Gasteiger partial charge is 0.251 e. The zero-order valence-corrected chi connectivity index (χ0v) is 12.7. The average molecular weight is 310 g/mol. The first-order valence-corrected chi connectivity index (χ1v) is 8.08. The topological polar surface area (TPSA) is 47.6 Å². The number of alkyl halides is 1. The van der Waals surface area contributed by atoms with Crippen molar-refractivity contribution < 1.29 is 14.3 Å². The van der Waals surface area contributed by atoms with Crippen LogP contribution in [0.25, 0.3) is 0 Å². The molecule has 1 aromatic carbocycles. The number of ether oxygens (including phenoxy) is 2. The third-order valence-corrected chi connectivity index (χ3v) is 4.62. The van der Waals surface area contributed by atoms with Gasteiger partial charge in [-0.05, 0) is 37.0 Å². The Labute approximate surface area is 129 Å². The van der Waals surface area contributed by atoms with Gasteiger partial charge in [0.15, 0.2) is 11.5 Å². The van der Waals surface area contributed by atoms with Gasteiger partial charge in [0, 0.05) is 17.5 Å². The average Bonchev–Trinajstić information content (AvgIpc) is 2.55. The SMILES string of the molecule is O=C(NC1CCCCC1CCl)c1ccc2c(c1)OCCO2. The van der Waals surface area contributed by atoms with E-state index in [4.69, 9.17) is 21.1 Å². The molecule has 1 heterocycles. The monoisotopic (exact) mass is 309 g/mol. The Kier molecular flexibility index (Phi) is 4.54. The molecule has 0 spiro atoms. The molecule has 4 nitrogen and oxygen atoms in total. The maximum absolute atomic E-state index is 12.4. The summed E-state index contributed by atoms with van der Waals surface area (Å²) < 4.78 is 11.0. The number of benzene rings is 1. The summed E-state index contributed by atoms with van der Waals surface area (Å²) in [6.07, 6.45) is 4.45. The first-order valence-electron chi connectivity index (χ1n) is 7.54. The lowest BCUT2D eigenvalue weighted by Crippen LogP contribution is -2.42. The minimum atomic E-state index is -0.0611. The van der Waals surface area contributed by atoms with Crippen molar-refractivity contribution in [2.75, 3.05) is 19.1 Å². The molecule has 1 aromatic rings. The lowest BCUT2D eigenvalue weighted by Gasteiger charge is -2.31. The summed E-state index contributed by atoms with van der Waals surface area (Å²) in [7, 11) is 0. The molecule has 1 amide bonds. The standard InChI is InChI=1S/C16H20ClNO3/c17-10-12-3-1-2-4-13(12)18-16(19)11-5-6-14-15(9-11)21-8-7-20-14/h5-6,9,12-13H,1-4,7-8,10H2,(H,18,19). The molecule has 2 aliphatic rings. The van der Waals surface area contributed by atoms with Crippen molar-refractivity contribution in [1.29, 1.82) is 0 Å². The van der Waals surface area contributed by atoms with Crippen molar-refractivity contribution in [1.82, 2.24) is 5.32 Å². The van der Waals surface area contributed by atoms with E-state index in [1.54, 1.807) is 18.2 Å². The van der Waals surface area contributed by atoms with Crippen LogP contribution in [-0.2, 0) is 0 Å². The minimum absolute atomic E-state index is 0.0611. The van der Waals surface area contributed by atoms with Crippen LogP contribution in [0.15, 0.2) is 18.2 Å². The lowest BCUT2D eigenvalue weighted by molar-refractivity contribution is 0.0910. The Morgan fingerprint density at radius 1 is 1.19 bits per heavy atom. The normalized spacial score (nSPS) is 24.4. The molecule has 0 radical (unpaired) electrons. The molecule has 1 saturated carbocycles. The second-order valence-corrected chi connectivity index (χ2v) is 5.95. The van der Waals surface area contributed by atoms with Gasteiger partial charge in [-0.2, -0.15) is 0 Å². The highest BCUT2D eigenvalue weighted by Gasteiger charge is 2.26. The molecule has 0 aromatic heterocycles. The number of fused-ring (bicyclic) bond motifs is 1. The number of carbonyl (C=O) groups excluding carboxylic acids is 1. The van der Waals surface area contributed by atoms with Gasteiger partial charge in [0.2, 0.25) is 0 Å². The highest BCUT2D eigenvalue weighted by molar-refractivity contribution is 6.18. The van der Waals surface area contributed by atoms with Crippen LogP contribution in [0.1, 0.15) is 36.0 Å². The molecule has 1 fully saturated rings. The van der Waals surface area contributed by atoms with Crippen LogP contribution in [-0.4, -0.2) is 31.0 Å². The van der Waals surface area contributed by atoms with Crippen LogP contribution < -0.4 is 14.8 Å². The van der Waals surface area contributed by atoms with Crippen molar-refractivity contribution in [3.63, 3.8) is 0 Å². The van der Waals surface area contributed by atoms with E-state index in [1.165, 1.54) is 6.42 Å². The Morgan fingerprint density at radius 2 is 1.95 bits per heavy atom. The van der Waals surface area contributed by atoms with E-state index in [9.17, 15) is 4.79 Å². The zero-order chi connectivity index (χ0) is 14.7. The second-order valence-electron chi connectivity index (χ2n) is 5.64. The summed E-state index contributed by atoms with van der Waals surface area (Å²) in [4.78, 5) is 12.4. The number of carbonyl (C=O) groups is 1. The maximum atomic E-state index is 12.4. The van der Waals surface area contributed by atoms with Crippen molar-refractivity contribution in [2.45, 2.75) is 31.7 Å². The van der Waals surface area contributed by atoms with Gasteiger partial charge in [-0.15, -0.1) is 11.6 Å². The molecule has 0 saturated heterocycles. The van der Waals surface area contributed by atoms with Crippen LogP contribution in [0.5, 0.6) is 11.5 Å². The molecular formula is C16H20ClNO3. The van der Waals surface area contributed by atoms with E-state index in [-0.39, 0.29) is 11.9 Å². The van der Waals surface area contributed by atoms with Crippen molar-refractivity contribution in [2.24, 2.45) is 5.92 Å². The maximum Gasteiger partial charge on any atom is 0.251 e. The van der Waals surface area contributed by atoms with E-state index in [0.29, 0.717) is 42.1 Å². The van der Waals surface area contributed by atoms with E-state index < -0.39 is 0 Å². The molecule has 1 aliphatic heterocycles. The molecule has 0 bridgehead atoms. The predicted molar refractivity (Wildman–Crippen MR) is 81.4 cm³/mol. The summed E-state index contributed by atoms with van der Waals surface area (Å²) in [6, 6.07) is 5.50. The van der Waals surface area contributed by atoms with Crippen molar-refractivity contribution in [3.8, 4) is 11.5 Å². The second kappa shape index (κ2) is 6.56. The highest BCUT2D eigenvalue weighted by atomic mass is 35.5. The first-order chi connectivity index (χ1) is 10.3. The van der Waals surface area contributed by atoms with E-state index in [2.05, 4.69) is 5.32 Å². The molecule has 2 atom stereocenters. The van der Waals surface area contributed by atoms with Crippen LogP contribution in [0.3, 0.4) is 0 Å². The largest absolute Gasteiger partial charge is 0.486 e. The van der Waals surface area contributed by atoms with Crippen LogP contribution in [0, 0.1) is 5.92 Å². The molecule has 2 unspecified atom stereocenters. The van der Waals surface area contributed by atoms with E-state index in [0.717, 1.165) is 19.3 Å². The van der Waals surface area contributed by atoms with Gasteiger partial charge in [0.25, 0.3) is 5.91 Å². The fraction of sp³-hybridized carbons (Fsp3) is 0.562. The fourth-order valence-electron chi connectivity index (χ4n) is 3.02. The van der Waals surface area contributed by atoms with Gasteiger partial charge in [0.05, 0.1) is 0 Å². The summed E-state index contributed by atoms with van der Waals surface area (Å²) >= 11 is 6.01. The number of rotatable bonds is 3. The van der Waals surface area contributed by atoms with Gasteiger partial charge in [-0.25, -0.2) is 0 Å². The Balaban J connectivity index is 1.70. The number of hydrogen-bond acceptors (Lipinski definition) is 3. The summed E-state index contributed by atoms with van der Waals surface area (Å²) in [6.45, 7) is 1.08. The van der Waals surface area contributed by atoms with Gasteiger partial charge < -0.3 is 14.8 Å². The number of amides is 1. The van der Waals surface area contributed by atoms with Crippen molar-refractivity contribution >= 4 is 17.5 Å². The molecule has 21 heavy (non-hydrogen) atoms. The van der Waals surface area contributed by atoms with Gasteiger partial charge >= 0.3 is 0 Å². The number of nitrogens with one attached hydrogen (secondary N) is 1. The Bertz CT molecular complexity index is 520. The number of hydrogen-bond donors (Lipinski definition) is 1. The lowest BCUT2D eigenvalue weighted by atomic mass is 9.85. The number of halogens is 1. The van der Waals surface area contributed by atoms with Crippen LogP contribution in [0.2, 0.25) is 0 Å². The van der Waals surface area contributed by atoms with Gasteiger partial charge in [-0.3, -0.25) is 4.79 Å². The van der Waals surface area contributed by atoms with Crippen molar-refractivity contribution in [3.05, 3.63) is 23.8 Å². The van der Waals surface area contributed by atoms with Gasteiger partial charge in [0.1, 0.15) is 13.2 Å². The third kappa shape index (κ3) is 3.26. The zero-order valence-electron chi connectivity index (χ0n) is 11.9. The Morgan fingerprint density at radius 3 is 2.76 bits per heavy atom. The van der Waals surface area contributed by atoms with E-state index in [1.807, 2.05) is 0 Å². The van der Waals surface area contributed by atoms with Crippen LogP contribution >= 0.6 is 11.6 Å². The quantitative estimate of drug-likeness (QED) is 0.873. The molecule has 114 valence electrons. The highest BCUT2D eigenvalue weighted by Crippen LogP contribution is 2.31. The van der Waals surface area contributed by atoms with E-state index >= 15 is 0 Å². The summed E-state index contributed by atoms with van der Waals surface area (Å²) in [5.74, 6) is 2.27. The summed E-state index contributed by atoms with van der Waals surface area (Å²) in [5, 5.41) is 3.12. The molecule has 1 N–H and O–H groups in total. The van der Waals surface area contributed by atoms with Crippen LogP contribution in [0.4, 0.5) is 0 Å². The molecule has 5 heteroatoms. The van der Waals surface area contributed by atoms with Gasteiger partial charge in [-0.1, -0.05) is 12.8 Å². The third-order valence-electron chi connectivity index (χ3n) is 4.23. The molecule has 3 rings (SSSR count). The fourth-order valence-corrected chi connectivity index (χ4v) is 3.39. The Hall–Kier alpha value is -1.42. The minimum Gasteiger partial charge on any atom is -0.486 e. The first kappa shape index (κ1) is 14.5. The molecule has 1 aliphatic carbocycles. The predicted octanol–water partition coefficient (Wildman–Crippen LogP) is 2.99. The molecular weight excluding hydrogens is 290 g/mol.